The van der Waals surface area contributed by atoms with Crippen molar-refractivity contribution in [3.63, 3.8) is 0 Å². The third-order valence-corrected chi connectivity index (χ3v) is 2.94. The molecule has 0 aromatic heterocycles. The van der Waals surface area contributed by atoms with Crippen LogP contribution < -0.4 is 11.1 Å². The molecule has 0 saturated heterocycles. The summed E-state index contributed by atoms with van der Waals surface area (Å²) in [6, 6.07) is 6.63. The Labute approximate surface area is 118 Å². The number of hydrogen-bond acceptors (Lipinski definition) is 3. The van der Waals surface area contributed by atoms with Crippen LogP contribution in [0.15, 0.2) is 18.2 Å². The maximum atomic E-state index is 12.1. The number of primary amides is 1. The van der Waals surface area contributed by atoms with Crippen LogP contribution in [-0.4, -0.2) is 17.9 Å². The minimum Gasteiger partial charge on any atom is -0.368 e. The van der Waals surface area contributed by atoms with E-state index in [0.717, 1.165) is 11.1 Å². The number of nitrogens with one attached hydrogen (secondary N) is 1. The van der Waals surface area contributed by atoms with Gasteiger partial charge in [-0.2, -0.15) is 5.26 Å². The third kappa shape index (κ3) is 4.39. The number of rotatable bonds is 5. The third-order valence-electron chi connectivity index (χ3n) is 2.94. The van der Waals surface area contributed by atoms with Gasteiger partial charge in [-0.05, 0) is 39.3 Å². The van der Waals surface area contributed by atoms with Crippen molar-refractivity contribution in [2.75, 3.05) is 0 Å². The molecule has 20 heavy (non-hydrogen) atoms. The van der Waals surface area contributed by atoms with Crippen molar-refractivity contribution in [2.45, 2.75) is 33.2 Å². The highest BCUT2D eigenvalue weighted by Crippen LogP contribution is 2.10. The van der Waals surface area contributed by atoms with Crippen LogP contribution in [0.1, 0.15) is 34.8 Å². The number of carbonyl (C=O) groups is 2. The normalized spacial score (nSPS) is 13.1. The van der Waals surface area contributed by atoms with E-state index in [1.807, 2.05) is 26.0 Å². The Morgan fingerprint density at radius 2 is 1.85 bits per heavy atom. The average molecular weight is 273 g/mol. The molecule has 0 aliphatic carbocycles. The minimum absolute atomic E-state index is 0.211. The number of aryl methyl sites for hydroxylation is 2. The molecule has 5 heteroatoms. The second-order valence-electron chi connectivity index (χ2n) is 5.07. The van der Waals surface area contributed by atoms with E-state index in [9.17, 15) is 9.59 Å². The highest BCUT2D eigenvalue weighted by Gasteiger charge is 2.21. The van der Waals surface area contributed by atoms with Crippen molar-refractivity contribution in [1.82, 2.24) is 5.32 Å². The SMILES string of the molecule is Cc1cc(C)cc(C(=O)N[C@@H](C[C@H](C)C#N)C(N)=O)c1. The van der Waals surface area contributed by atoms with E-state index in [4.69, 9.17) is 11.0 Å². The zero-order valence-corrected chi connectivity index (χ0v) is 11.9. The Morgan fingerprint density at radius 1 is 1.30 bits per heavy atom. The van der Waals surface area contributed by atoms with E-state index in [1.54, 1.807) is 19.1 Å². The Hall–Kier alpha value is -2.35. The van der Waals surface area contributed by atoms with Gasteiger partial charge in [0.15, 0.2) is 0 Å². The average Bonchev–Trinajstić information content (AvgIpc) is 2.36. The lowest BCUT2D eigenvalue weighted by Gasteiger charge is -2.16. The van der Waals surface area contributed by atoms with Gasteiger partial charge in [-0.1, -0.05) is 17.2 Å². The molecule has 106 valence electrons. The van der Waals surface area contributed by atoms with Gasteiger partial charge in [0.1, 0.15) is 6.04 Å². The maximum absolute atomic E-state index is 12.1. The van der Waals surface area contributed by atoms with Crippen molar-refractivity contribution in [3.8, 4) is 6.07 Å². The molecule has 2 atom stereocenters. The van der Waals surface area contributed by atoms with Crippen molar-refractivity contribution in [2.24, 2.45) is 11.7 Å². The van der Waals surface area contributed by atoms with E-state index >= 15 is 0 Å². The lowest BCUT2D eigenvalue weighted by molar-refractivity contribution is -0.120. The van der Waals surface area contributed by atoms with Crippen molar-refractivity contribution in [3.05, 3.63) is 34.9 Å². The largest absolute Gasteiger partial charge is 0.368 e. The quantitative estimate of drug-likeness (QED) is 0.849. The molecular weight excluding hydrogens is 254 g/mol. The zero-order chi connectivity index (χ0) is 15.3. The Balaban J connectivity index is 2.86. The highest BCUT2D eigenvalue weighted by atomic mass is 16.2. The van der Waals surface area contributed by atoms with Crippen LogP contribution in [0.2, 0.25) is 0 Å². The molecule has 3 N–H and O–H groups in total. The second-order valence-corrected chi connectivity index (χ2v) is 5.07. The Bertz CT molecular complexity index is 540. The number of nitriles is 1. The second kappa shape index (κ2) is 6.71. The van der Waals surface area contributed by atoms with Gasteiger partial charge < -0.3 is 11.1 Å². The van der Waals surface area contributed by atoms with Crippen LogP contribution in [0.25, 0.3) is 0 Å². The first kappa shape index (κ1) is 15.7. The predicted octanol–water partition coefficient (Wildman–Crippen LogP) is 1.44. The summed E-state index contributed by atoms with van der Waals surface area (Å²) < 4.78 is 0. The number of benzene rings is 1. The first-order chi connectivity index (χ1) is 9.33. The predicted molar refractivity (Wildman–Crippen MR) is 75.8 cm³/mol. The van der Waals surface area contributed by atoms with Gasteiger partial charge >= 0.3 is 0 Å². The van der Waals surface area contributed by atoms with E-state index in [0.29, 0.717) is 5.56 Å². The number of amides is 2. The van der Waals surface area contributed by atoms with Crippen molar-refractivity contribution in [1.29, 1.82) is 5.26 Å². The van der Waals surface area contributed by atoms with Crippen molar-refractivity contribution < 1.29 is 9.59 Å². The Morgan fingerprint density at radius 3 is 2.30 bits per heavy atom. The first-order valence-corrected chi connectivity index (χ1v) is 6.41. The van der Waals surface area contributed by atoms with Crippen LogP contribution in [0.5, 0.6) is 0 Å². The molecule has 2 amide bonds. The number of nitrogens with two attached hydrogens (primary N) is 1. The van der Waals surface area contributed by atoms with Gasteiger partial charge in [0.05, 0.1) is 6.07 Å². The van der Waals surface area contributed by atoms with Gasteiger partial charge in [-0.15, -0.1) is 0 Å². The molecule has 0 radical (unpaired) electrons. The monoisotopic (exact) mass is 273 g/mol. The minimum atomic E-state index is -0.835. The summed E-state index contributed by atoms with van der Waals surface area (Å²) in [5, 5.41) is 11.4. The molecule has 0 aliphatic heterocycles. The summed E-state index contributed by atoms with van der Waals surface area (Å²) in [5.74, 6) is -1.34. The molecule has 0 saturated carbocycles. The topological polar surface area (TPSA) is 96.0 Å². The summed E-state index contributed by atoms with van der Waals surface area (Å²) in [7, 11) is 0. The summed E-state index contributed by atoms with van der Waals surface area (Å²) in [6.45, 7) is 5.47. The molecule has 1 aromatic rings. The van der Waals surface area contributed by atoms with E-state index in [1.165, 1.54) is 0 Å². The molecule has 0 aliphatic rings. The summed E-state index contributed by atoms with van der Waals surface area (Å²) in [5.41, 5.74) is 7.68. The number of hydrogen-bond donors (Lipinski definition) is 2. The zero-order valence-electron chi connectivity index (χ0n) is 11.9. The summed E-state index contributed by atoms with van der Waals surface area (Å²) in [4.78, 5) is 23.5. The van der Waals surface area contributed by atoms with Gasteiger partial charge in [-0.3, -0.25) is 9.59 Å². The maximum Gasteiger partial charge on any atom is 0.251 e. The molecule has 5 nitrogen and oxygen atoms in total. The van der Waals surface area contributed by atoms with E-state index < -0.39 is 11.9 Å². The molecular formula is C15H19N3O2. The van der Waals surface area contributed by atoms with Gasteiger partial charge in [0.25, 0.3) is 5.91 Å². The fraction of sp³-hybridized carbons (Fsp3) is 0.400. The lowest BCUT2D eigenvalue weighted by Crippen LogP contribution is -2.45. The molecule has 0 bridgehead atoms. The Kier molecular flexibility index (Phi) is 5.27. The van der Waals surface area contributed by atoms with Gasteiger partial charge in [0.2, 0.25) is 5.91 Å². The van der Waals surface area contributed by atoms with Crippen LogP contribution in [-0.2, 0) is 4.79 Å². The molecule has 0 fully saturated rings. The lowest BCUT2D eigenvalue weighted by atomic mass is 10.0. The molecule has 0 unspecified atom stereocenters. The molecule has 1 aromatic carbocycles. The smallest absolute Gasteiger partial charge is 0.251 e. The number of carbonyl (C=O) groups excluding carboxylic acids is 2. The molecule has 0 heterocycles. The summed E-state index contributed by atoms with van der Waals surface area (Å²) in [6.07, 6.45) is 0.211. The van der Waals surface area contributed by atoms with E-state index in [-0.39, 0.29) is 18.2 Å². The number of nitrogens with zero attached hydrogens (tertiary/aromatic N) is 1. The van der Waals surface area contributed by atoms with Crippen LogP contribution in [0.4, 0.5) is 0 Å². The highest BCUT2D eigenvalue weighted by molar-refractivity contribution is 5.97. The van der Waals surface area contributed by atoms with Gasteiger partial charge in [-0.25, -0.2) is 0 Å². The fourth-order valence-corrected chi connectivity index (χ4v) is 2.00. The van der Waals surface area contributed by atoms with E-state index in [2.05, 4.69) is 5.32 Å². The molecule has 0 spiro atoms. The van der Waals surface area contributed by atoms with Crippen molar-refractivity contribution >= 4 is 11.8 Å². The standard InChI is InChI=1S/C15H19N3O2/c1-9-4-10(2)6-12(5-9)15(20)18-13(14(17)19)7-11(3)8-16/h4-6,11,13H,7H2,1-3H3,(H2,17,19)(H,18,20)/t11-,13-/m0/s1. The fourth-order valence-electron chi connectivity index (χ4n) is 2.00. The van der Waals surface area contributed by atoms with Crippen LogP contribution in [0.3, 0.4) is 0 Å². The molecule has 1 rings (SSSR count). The summed E-state index contributed by atoms with van der Waals surface area (Å²) >= 11 is 0. The van der Waals surface area contributed by atoms with Crippen LogP contribution in [0, 0.1) is 31.1 Å². The van der Waals surface area contributed by atoms with Crippen LogP contribution >= 0.6 is 0 Å². The van der Waals surface area contributed by atoms with Gasteiger partial charge in [0, 0.05) is 11.5 Å². The first-order valence-electron chi connectivity index (χ1n) is 6.41.